The summed E-state index contributed by atoms with van der Waals surface area (Å²) < 4.78 is 44.3. The van der Waals surface area contributed by atoms with Crippen molar-refractivity contribution < 1.29 is 17.9 Å². The van der Waals surface area contributed by atoms with Crippen molar-refractivity contribution in [2.24, 2.45) is 0 Å². The van der Waals surface area contributed by atoms with E-state index < -0.39 is 12.6 Å². The minimum absolute atomic E-state index is 0. The van der Waals surface area contributed by atoms with E-state index in [4.69, 9.17) is 4.74 Å². The van der Waals surface area contributed by atoms with Gasteiger partial charge in [-0.05, 0) is 23.3 Å². The predicted molar refractivity (Wildman–Crippen MR) is 107 cm³/mol. The van der Waals surface area contributed by atoms with Gasteiger partial charge < -0.3 is 10.1 Å². The lowest BCUT2D eigenvalue weighted by molar-refractivity contribution is -0.138. The van der Waals surface area contributed by atoms with E-state index in [1.165, 1.54) is 0 Å². The molecule has 0 aromatic heterocycles. The molecule has 1 saturated heterocycles. The molecular weight excluding hydrogens is 400 g/mol. The molecule has 0 spiro atoms. The van der Waals surface area contributed by atoms with Crippen LogP contribution < -0.4 is 10.1 Å². The maximum atomic E-state index is 12.9. The Labute approximate surface area is 170 Å². The summed E-state index contributed by atoms with van der Waals surface area (Å²) in [5.41, 5.74) is 0.867. The van der Waals surface area contributed by atoms with Crippen LogP contribution in [0.25, 0.3) is 10.8 Å². The third-order valence-electron chi connectivity index (χ3n) is 4.78. The second-order valence-corrected chi connectivity index (χ2v) is 6.36. The van der Waals surface area contributed by atoms with Crippen LogP contribution in [0.3, 0.4) is 0 Å². The van der Waals surface area contributed by atoms with Crippen LogP contribution in [-0.4, -0.2) is 44.4 Å². The van der Waals surface area contributed by atoms with Gasteiger partial charge in [-0.1, -0.05) is 30.3 Å². The Balaban J connectivity index is 0.00000182. The van der Waals surface area contributed by atoms with Crippen molar-refractivity contribution in [1.29, 1.82) is 0 Å². The molecule has 0 amide bonds. The van der Waals surface area contributed by atoms with Crippen molar-refractivity contribution in [2.75, 3.05) is 33.3 Å². The molecule has 1 fully saturated rings. The summed E-state index contributed by atoms with van der Waals surface area (Å²) in [6, 6.07) is 11.3. The molecule has 152 valence electrons. The average molecular weight is 425 g/mol. The number of ether oxygens (including phenoxy) is 1. The molecule has 0 unspecified atom stereocenters. The summed E-state index contributed by atoms with van der Waals surface area (Å²) in [5, 5.41) is 5.25. The van der Waals surface area contributed by atoms with Gasteiger partial charge in [0, 0.05) is 44.2 Å². The van der Waals surface area contributed by atoms with E-state index in [0.717, 1.165) is 42.5 Å². The molecule has 2 aromatic rings. The molecular formula is C19H25Cl2F3N2O. The van der Waals surface area contributed by atoms with E-state index in [9.17, 15) is 13.2 Å². The zero-order chi connectivity index (χ0) is 17.9. The van der Waals surface area contributed by atoms with Gasteiger partial charge in [0.25, 0.3) is 0 Å². The molecule has 0 aliphatic carbocycles. The number of piperazine rings is 1. The Bertz CT molecular complexity index is 722. The number of nitrogens with zero attached hydrogens (tertiary/aromatic N) is 1. The fraction of sp³-hybridized carbons (Fsp3) is 0.474. The zero-order valence-electron chi connectivity index (χ0n) is 15.1. The van der Waals surface area contributed by atoms with E-state index in [2.05, 4.69) is 10.2 Å². The van der Waals surface area contributed by atoms with Crippen LogP contribution in [0.2, 0.25) is 0 Å². The SMILES string of the molecule is COc1ccc2ccccc2c1[C@H](CCC(F)(F)F)N1CCNCC1.Cl.Cl. The molecule has 1 N–H and O–H groups in total. The summed E-state index contributed by atoms with van der Waals surface area (Å²) in [4.78, 5) is 2.15. The molecule has 0 radical (unpaired) electrons. The van der Waals surface area contributed by atoms with E-state index >= 15 is 0 Å². The van der Waals surface area contributed by atoms with E-state index in [1.807, 2.05) is 36.4 Å². The first kappa shape index (κ1) is 23.8. The molecule has 0 bridgehead atoms. The largest absolute Gasteiger partial charge is 0.496 e. The number of hydrogen-bond donors (Lipinski definition) is 1. The van der Waals surface area contributed by atoms with E-state index in [1.54, 1.807) is 7.11 Å². The minimum Gasteiger partial charge on any atom is -0.496 e. The van der Waals surface area contributed by atoms with Crippen molar-refractivity contribution in [1.82, 2.24) is 10.2 Å². The molecule has 1 heterocycles. The number of methoxy groups -OCH3 is 1. The second kappa shape index (κ2) is 10.4. The lowest BCUT2D eigenvalue weighted by atomic mass is 9.93. The van der Waals surface area contributed by atoms with Crippen LogP contribution in [0, 0.1) is 0 Å². The Morgan fingerprint density at radius 2 is 1.74 bits per heavy atom. The van der Waals surface area contributed by atoms with Crippen LogP contribution in [0.5, 0.6) is 5.75 Å². The van der Waals surface area contributed by atoms with Gasteiger partial charge in [-0.3, -0.25) is 4.90 Å². The molecule has 0 saturated carbocycles. The van der Waals surface area contributed by atoms with E-state index in [0.29, 0.717) is 5.75 Å². The maximum Gasteiger partial charge on any atom is 0.389 e. The molecule has 3 rings (SSSR count). The minimum atomic E-state index is -4.16. The van der Waals surface area contributed by atoms with Crippen LogP contribution >= 0.6 is 24.8 Å². The van der Waals surface area contributed by atoms with Crippen molar-refractivity contribution in [3.8, 4) is 5.75 Å². The van der Waals surface area contributed by atoms with Gasteiger partial charge in [0.2, 0.25) is 0 Å². The molecule has 3 nitrogen and oxygen atoms in total. The highest BCUT2D eigenvalue weighted by Crippen LogP contribution is 2.40. The molecule has 1 aliphatic heterocycles. The Morgan fingerprint density at radius 1 is 1.07 bits per heavy atom. The lowest BCUT2D eigenvalue weighted by Gasteiger charge is -2.36. The fourth-order valence-corrected chi connectivity index (χ4v) is 3.60. The van der Waals surface area contributed by atoms with Crippen LogP contribution in [0.15, 0.2) is 36.4 Å². The van der Waals surface area contributed by atoms with Gasteiger partial charge in [0.05, 0.1) is 7.11 Å². The number of rotatable bonds is 5. The Morgan fingerprint density at radius 3 is 2.37 bits per heavy atom. The van der Waals surface area contributed by atoms with Crippen LogP contribution in [-0.2, 0) is 0 Å². The lowest BCUT2D eigenvalue weighted by Crippen LogP contribution is -2.45. The van der Waals surface area contributed by atoms with Gasteiger partial charge in [-0.25, -0.2) is 0 Å². The van der Waals surface area contributed by atoms with Crippen molar-refractivity contribution in [3.05, 3.63) is 42.0 Å². The Kier molecular flexibility index (Phi) is 9.15. The first-order chi connectivity index (χ1) is 12.0. The van der Waals surface area contributed by atoms with Crippen molar-refractivity contribution in [3.63, 3.8) is 0 Å². The smallest absolute Gasteiger partial charge is 0.389 e. The molecule has 8 heteroatoms. The van der Waals surface area contributed by atoms with Crippen LogP contribution in [0.4, 0.5) is 13.2 Å². The van der Waals surface area contributed by atoms with Gasteiger partial charge in [-0.2, -0.15) is 13.2 Å². The van der Waals surface area contributed by atoms with Crippen molar-refractivity contribution in [2.45, 2.75) is 25.1 Å². The number of alkyl halides is 3. The van der Waals surface area contributed by atoms with Gasteiger partial charge in [0.1, 0.15) is 5.75 Å². The highest BCUT2D eigenvalue weighted by molar-refractivity contribution is 5.88. The summed E-state index contributed by atoms with van der Waals surface area (Å²) >= 11 is 0. The maximum absolute atomic E-state index is 12.9. The molecule has 27 heavy (non-hydrogen) atoms. The zero-order valence-corrected chi connectivity index (χ0v) is 16.7. The number of halogens is 5. The first-order valence-electron chi connectivity index (χ1n) is 8.57. The summed E-state index contributed by atoms with van der Waals surface area (Å²) in [5.74, 6) is 0.657. The topological polar surface area (TPSA) is 24.5 Å². The first-order valence-corrected chi connectivity index (χ1v) is 8.57. The van der Waals surface area contributed by atoms with Gasteiger partial charge in [-0.15, -0.1) is 24.8 Å². The number of hydrogen-bond acceptors (Lipinski definition) is 3. The third-order valence-corrected chi connectivity index (χ3v) is 4.78. The van der Waals surface area contributed by atoms with Gasteiger partial charge in [0.15, 0.2) is 0 Å². The Hall–Kier alpha value is -1.21. The van der Waals surface area contributed by atoms with Crippen molar-refractivity contribution >= 4 is 35.6 Å². The molecule has 2 aromatic carbocycles. The average Bonchev–Trinajstić information content (AvgIpc) is 2.62. The number of fused-ring (bicyclic) bond motifs is 1. The predicted octanol–water partition coefficient (Wildman–Crippen LogP) is 4.98. The van der Waals surface area contributed by atoms with Gasteiger partial charge >= 0.3 is 6.18 Å². The quantitative estimate of drug-likeness (QED) is 0.732. The van der Waals surface area contributed by atoms with E-state index in [-0.39, 0.29) is 37.3 Å². The monoisotopic (exact) mass is 424 g/mol. The number of benzene rings is 2. The summed E-state index contributed by atoms with van der Waals surface area (Å²) in [6.07, 6.45) is -4.92. The van der Waals surface area contributed by atoms with Crippen LogP contribution in [0.1, 0.15) is 24.4 Å². The highest BCUT2D eigenvalue weighted by Gasteiger charge is 2.33. The third kappa shape index (κ3) is 5.88. The second-order valence-electron chi connectivity index (χ2n) is 6.36. The summed E-state index contributed by atoms with van der Waals surface area (Å²) in [6.45, 7) is 3.04. The summed E-state index contributed by atoms with van der Waals surface area (Å²) in [7, 11) is 1.58. The molecule has 1 atom stereocenters. The normalized spacial score (nSPS) is 16.3. The fourth-order valence-electron chi connectivity index (χ4n) is 3.60. The standard InChI is InChI=1S/C19H23F3N2O.2ClH/c1-25-17-7-6-14-4-2-3-5-15(14)18(17)16(8-9-19(20,21)22)24-12-10-23-11-13-24;;/h2-7,16,23H,8-13H2,1H3;2*1H/t16-;;/m0../s1. The molecule has 1 aliphatic rings. The highest BCUT2D eigenvalue weighted by atomic mass is 35.5. The number of nitrogens with one attached hydrogen (secondary N) is 1.